The van der Waals surface area contributed by atoms with Gasteiger partial charge in [-0.25, -0.2) is 9.07 Å². The smallest absolute Gasteiger partial charge is 0.257 e. The van der Waals surface area contributed by atoms with E-state index >= 15 is 0 Å². The number of hydrogen-bond acceptors (Lipinski definition) is 2. The standard InChI is InChI=1S/C20H17ClFN3O/c1-2-10-24(13-15-6-3-4-9-19(15)22)20(26)16-12-23-25(14-16)18-8-5-7-17(21)11-18/h2-9,11-12,14H,1,10,13H2. The van der Waals surface area contributed by atoms with Crippen LogP contribution in [0.4, 0.5) is 4.39 Å². The molecule has 3 rings (SSSR count). The maximum atomic E-state index is 13.9. The zero-order valence-electron chi connectivity index (χ0n) is 14.0. The van der Waals surface area contributed by atoms with Crippen molar-refractivity contribution in [3.63, 3.8) is 0 Å². The van der Waals surface area contributed by atoms with Crippen LogP contribution in [0.3, 0.4) is 0 Å². The van der Waals surface area contributed by atoms with Gasteiger partial charge >= 0.3 is 0 Å². The first-order valence-corrected chi connectivity index (χ1v) is 8.40. The highest BCUT2D eigenvalue weighted by Crippen LogP contribution is 2.17. The van der Waals surface area contributed by atoms with Crippen LogP contribution in [0.2, 0.25) is 5.02 Å². The van der Waals surface area contributed by atoms with Crippen LogP contribution < -0.4 is 0 Å². The molecule has 0 aliphatic rings. The molecular weight excluding hydrogens is 353 g/mol. The third-order valence-corrected chi connectivity index (χ3v) is 4.09. The number of carbonyl (C=O) groups excluding carboxylic acids is 1. The van der Waals surface area contributed by atoms with Crippen molar-refractivity contribution in [2.45, 2.75) is 6.54 Å². The average Bonchev–Trinajstić information content (AvgIpc) is 3.13. The lowest BCUT2D eigenvalue weighted by atomic mass is 10.2. The maximum absolute atomic E-state index is 13.9. The summed E-state index contributed by atoms with van der Waals surface area (Å²) in [7, 11) is 0. The largest absolute Gasteiger partial charge is 0.330 e. The van der Waals surface area contributed by atoms with Crippen molar-refractivity contribution in [1.82, 2.24) is 14.7 Å². The van der Waals surface area contributed by atoms with E-state index in [0.717, 1.165) is 5.69 Å². The Morgan fingerprint density at radius 3 is 2.81 bits per heavy atom. The van der Waals surface area contributed by atoms with E-state index in [0.29, 0.717) is 22.7 Å². The summed E-state index contributed by atoms with van der Waals surface area (Å²) >= 11 is 6.00. The number of aromatic nitrogens is 2. The van der Waals surface area contributed by atoms with E-state index < -0.39 is 0 Å². The van der Waals surface area contributed by atoms with Gasteiger partial charge in [-0.05, 0) is 24.3 Å². The summed E-state index contributed by atoms with van der Waals surface area (Å²) in [5.41, 5.74) is 1.61. The average molecular weight is 370 g/mol. The van der Waals surface area contributed by atoms with E-state index in [1.54, 1.807) is 47.3 Å². The molecule has 1 aromatic heterocycles. The minimum absolute atomic E-state index is 0.153. The summed E-state index contributed by atoms with van der Waals surface area (Å²) < 4.78 is 15.5. The molecule has 3 aromatic rings. The number of rotatable bonds is 6. The molecule has 0 bridgehead atoms. The van der Waals surface area contributed by atoms with Crippen molar-refractivity contribution in [2.24, 2.45) is 0 Å². The highest BCUT2D eigenvalue weighted by atomic mass is 35.5. The number of halogens is 2. The number of nitrogens with zero attached hydrogens (tertiary/aromatic N) is 3. The van der Waals surface area contributed by atoms with Gasteiger partial charge in [0.05, 0.1) is 17.4 Å². The molecule has 1 heterocycles. The molecule has 0 saturated heterocycles. The summed E-state index contributed by atoms with van der Waals surface area (Å²) in [5.74, 6) is -0.592. The molecule has 6 heteroatoms. The van der Waals surface area contributed by atoms with Crippen molar-refractivity contribution in [3.05, 3.63) is 95.5 Å². The summed E-state index contributed by atoms with van der Waals surface area (Å²) in [4.78, 5) is 14.4. The fourth-order valence-electron chi connectivity index (χ4n) is 2.58. The van der Waals surface area contributed by atoms with E-state index in [-0.39, 0.29) is 18.3 Å². The van der Waals surface area contributed by atoms with E-state index in [9.17, 15) is 9.18 Å². The fourth-order valence-corrected chi connectivity index (χ4v) is 2.77. The van der Waals surface area contributed by atoms with Crippen LogP contribution in [0.15, 0.2) is 73.6 Å². The highest BCUT2D eigenvalue weighted by molar-refractivity contribution is 6.30. The topological polar surface area (TPSA) is 38.1 Å². The predicted octanol–water partition coefficient (Wildman–Crippen LogP) is 4.49. The number of carbonyl (C=O) groups is 1. The Balaban J connectivity index is 1.84. The third-order valence-electron chi connectivity index (χ3n) is 3.86. The lowest BCUT2D eigenvalue weighted by Gasteiger charge is -2.20. The van der Waals surface area contributed by atoms with Crippen molar-refractivity contribution in [1.29, 1.82) is 0 Å². The van der Waals surface area contributed by atoms with Crippen LogP contribution in [0, 0.1) is 5.82 Å². The number of benzene rings is 2. The Morgan fingerprint density at radius 2 is 2.08 bits per heavy atom. The van der Waals surface area contributed by atoms with E-state index in [4.69, 9.17) is 11.6 Å². The van der Waals surface area contributed by atoms with Gasteiger partial charge in [-0.3, -0.25) is 4.79 Å². The zero-order chi connectivity index (χ0) is 18.5. The van der Waals surface area contributed by atoms with Crippen molar-refractivity contribution in [3.8, 4) is 5.69 Å². The maximum Gasteiger partial charge on any atom is 0.257 e. The lowest BCUT2D eigenvalue weighted by Crippen LogP contribution is -2.30. The SMILES string of the molecule is C=CCN(Cc1ccccc1F)C(=O)c1cnn(-c2cccc(Cl)c2)c1. The Kier molecular flexibility index (Phi) is 5.49. The van der Waals surface area contributed by atoms with E-state index in [1.807, 2.05) is 12.1 Å². The second-order valence-electron chi connectivity index (χ2n) is 5.72. The molecule has 132 valence electrons. The number of amides is 1. The summed E-state index contributed by atoms with van der Waals surface area (Å²) in [6.45, 7) is 4.13. The van der Waals surface area contributed by atoms with Gasteiger partial charge in [-0.1, -0.05) is 41.9 Å². The molecule has 0 spiro atoms. The van der Waals surface area contributed by atoms with Gasteiger partial charge in [0.1, 0.15) is 5.82 Å². The molecule has 0 aliphatic carbocycles. The molecule has 0 aliphatic heterocycles. The first-order chi connectivity index (χ1) is 12.6. The second kappa shape index (κ2) is 7.97. The Hall–Kier alpha value is -2.92. The molecule has 2 aromatic carbocycles. The first-order valence-electron chi connectivity index (χ1n) is 8.02. The normalized spacial score (nSPS) is 10.5. The van der Waals surface area contributed by atoms with Gasteiger partial charge in [0.15, 0.2) is 0 Å². The molecule has 0 fully saturated rings. The monoisotopic (exact) mass is 369 g/mol. The summed E-state index contributed by atoms with van der Waals surface area (Å²) in [6, 6.07) is 13.6. The zero-order valence-corrected chi connectivity index (χ0v) is 14.7. The minimum atomic E-state index is -0.344. The molecule has 0 N–H and O–H groups in total. The molecule has 26 heavy (non-hydrogen) atoms. The van der Waals surface area contributed by atoms with Crippen LogP contribution in [-0.4, -0.2) is 27.1 Å². The molecular formula is C20H17ClFN3O. The van der Waals surface area contributed by atoms with Gasteiger partial charge < -0.3 is 4.90 Å². The van der Waals surface area contributed by atoms with E-state index in [1.165, 1.54) is 17.2 Å². The van der Waals surface area contributed by atoms with Crippen LogP contribution >= 0.6 is 11.6 Å². The predicted molar refractivity (Wildman–Crippen MR) is 99.9 cm³/mol. The van der Waals surface area contributed by atoms with E-state index in [2.05, 4.69) is 11.7 Å². The molecule has 0 unspecified atom stereocenters. The number of hydrogen-bond donors (Lipinski definition) is 0. The van der Waals surface area contributed by atoms with Gasteiger partial charge in [0.2, 0.25) is 0 Å². The quantitative estimate of drug-likeness (QED) is 0.600. The van der Waals surface area contributed by atoms with Crippen molar-refractivity contribution in [2.75, 3.05) is 6.54 Å². The van der Waals surface area contributed by atoms with Crippen LogP contribution in [0.5, 0.6) is 0 Å². The van der Waals surface area contributed by atoms with Crippen LogP contribution in [0.25, 0.3) is 5.69 Å². The van der Waals surface area contributed by atoms with Crippen LogP contribution in [-0.2, 0) is 6.54 Å². The molecule has 1 amide bonds. The molecule has 4 nitrogen and oxygen atoms in total. The van der Waals surface area contributed by atoms with Gasteiger partial charge in [-0.15, -0.1) is 6.58 Å². The Bertz CT molecular complexity index is 938. The van der Waals surface area contributed by atoms with Gasteiger partial charge in [0.25, 0.3) is 5.91 Å². The molecule has 0 saturated carbocycles. The minimum Gasteiger partial charge on any atom is -0.330 e. The Labute approximate surface area is 156 Å². The van der Waals surface area contributed by atoms with Gasteiger partial charge in [0, 0.05) is 29.9 Å². The fraction of sp³-hybridized carbons (Fsp3) is 0.100. The molecule has 0 atom stereocenters. The third kappa shape index (κ3) is 4.00. The van der Waals surface area contributed by atoms with Crippen molar-refractivity contribution >= 4 is 17.5 Å². The molecule has 0 radical (unpaired) electrons. The Morgan fingerprint density at radius 1 is 1.27 bits per heavy atom. The first kappa shape index (κ1) is 17.9. The lowest BCUT2D eigenvalue weighted by molar-refractivity contribution is 0.0761. The van der Waals surface area contributed by atoms with Crippen molar-refractivity contribution < 1.29 is 9.18 Å². The summed E-state index contributed by atoms with van der Waals surface area (Å²) in [5, 5.41) is 4.81. The highest BCUT2D eigenvalue weighted by Gasteiger charge is 2.18. The second-order valence-corrected chi connectivity index (χ2v) is 6.16. The van der Waals surface area contributed by atoms with Gasteiger partial charge in [-0.2, -0.15) is 5.10 Å². The van der Waals surface area contributed by atoms with Crippen LogP contribution in [0.1, 0.15) is 15.9 Å². The summed E-state index contributed by atoms with van der Waals surface area (Å²) in [6.07, 6.45) is 4.73.